The molecule has 0 fully saturated rings. The number of aromatic carboxylic acids is 1. The second kappa shape index (κ2) is 8.87. The van der Waals surface area contributed by atoms with Crippen LogP contribution in [0.1, 0.15) is 23.5 Å². The number of hydrogen-bond donors (Lipinski definition) is 4. The number of nitrogens with one attached hydrogen (secondary N) is 2. The van der Waals surface area contributed by atoms with E-state index >= 15 is 0 Å². The highest BCUT2D eigenvalue weighted by atomic mass is 79.9. The number of amides is 2. The van der Waals surface area contributed by atoms with Gasteiger partial charge in [0.15, 0.2) is 17.2 Å². The normalized spacial score (nSPS) is 10.5. The third-order valence-corrected chi connectivity index (χ3v) is 5.40. The fourth-order valence-electron chi connectivity index (χ4n) is 2.12. The van der Waals surface area contributed by atoms with Gasteiger partial charge in [-0.3, -0.25) is 0 Å². The SMILES string of the molecule is CC(C)NC(=O)Nc1ccc(-c2sc(C(=O)O)c(OCC(=O)O)c2Br)cc1. The number of carbonyl (C=O) groups is 3. The van der Waals surface area contributed by atoms with Gasteiger partial charge in [-0.2, -0.15) is 0 Å². The summed E-state index contributed by atoms with van der Waals surface area (Å²) in [7, 11) is 0. The quantitative estimate of drug-likeness (QED) is 0.500. The second-order valence-electron chi connectivity index (χ2n) is 5.72. The number of rotatable bonds is 7. The van der Waals surface area contributed by atoms with E-state index in [1.54, 1.807) is 24.3 Å². The molecular formula is C17H17BrN2O6S. The molecule has 0 unspecified atom stereocenters. The molecule has 0 bridgehead atoms. The molecule has 0 atom stereocenters. The summed E-state index contributed by atoms with van der Waals surface area (Å²) in [5.74, 6) is -2.44. The molecule has 0 radical (unpaired) electrons. The molecule has 144 valence electrons. The average Bonchev–Trinajstić information content (AvgIpc) is 2.90. The summed E-state index contributed by atoms with van der Waals surface area (Å²) >= 11 is 4.26. The maximum Gasteiger partial charge on any atom is 0.349 e. The van der Waals surface area contributed by atoms with Crippen LogP contribution in [0.25, 0.3) is 10.4 Å². The smallest absolute Gasteiger partial charge is 0.349 e. The van der Waals surface area contributed by atoms with Gasteiger partial charge in [0.2, 0.25) is 0 Å². The van der Waals surface area contributed by atoms with Crippen molar-refractivity contribution in [2.24, 2.45) is 0 Å². The molecule has 8 nitrogen and oxygen atoms in total. The number of halogens is 1. The minimum absolute atomic E-state index is 0.00464. The van der Waals surface area contributed by atoms with Gasteiger partial charge in [0.05, 0.1) is 9.35 Å². The molecule has 1 heterocycles. The lowest BCUT2D eigenvalue weighted by atomic mass is 10.1. The number of carboxylic acids is 2. The number of thiophene rings is 1. The molecule has 10 heteroatoms. The molecule has 2 rings (SSSR count). The highest BCUT2D eigenvalue weighted by Gasteiger charge is 2.24. The van der Waals surface area contributed by atoms with Crippen molar-refractivity contribution < 1.29 is 29.3 Å². The standard InChI is InChI=1S/C17H17BrN2O6S/c1-8(2)19-17(25)20-10-5-3-9(4-6-10)14-12(18)13(26-7-11(21)22)15(27-14)16(23)24/h3-6,8H,7H2,1-2H3,(H,21,22)(H,23,24)(H2,19,20,25). The largest absolute Gasteiger partial charge is 0.479 e. The third kappa shape index (κ3) is 5.44. The molecule has 2 aromatic rings. The van der Waals surface area contributed by atoms with E-state index in [-0.39, 0.29) is 22.7 Å². The van der Waals surface area contributed by atoms with Crippen LogP contribution in [0.5, 0.6) is 5.75 Å². The number of carboxylic acid groups (broad SMARTS) is 2. The van der Waals surface area contributed by atoms with Crippen molar-refractivity contribution >= 4 is 50.9 Å². The topological polar surface area (TPSA) is 125 Å². The van der Waals surface area contributed by atoms with Crippen molar-refractivity contribution in [2.75, 3.05) is 11.9 Å². The zero-order valence-electron chi connectivity index (χ0n) is 14.4. The zero-order valence-corrected chi connectivity index (χ0v) is 16.8. The summed E-state index contributed by atoms with van der Waals surface area (Å²) in [5.41, 5.74) is 1.26. The van der Waals surface area contributed by atoms with E-state index in [1.165, 1.54) is 0 Å². The maximum absolute atomic E-state index is 11.7. The Bertz CT molecular complexity index is 863. The Labute approximate surface area is 167 Å². The van der Waals surface area contributed by atoms with E-state index < -0.39 is 18.5 Å². The summed E-state index contributed by atoms with van der Waals surface area (Å²) in [6.45, 7) is 3.05. The second-order valence-corrected chi connectivity index (χ2v) is 7.54. The lowest BCUT2D eigenvalue weighted by Gasteiger charge is -2.10. The number of anilines is 1. The van der Waals surface area contributed by atoms with Gasteiger partial charge >= 0.3 is 18.0 Å². The Morgan fingerprint density at radius 1 is 1.19 bits per heavy atom. The molecule has 1 aromatic heterocycles. The van der Waals surface area contributed by atoms with Crippen molar-refractivity contribution in [3.05, 3.63) is 33.6 Å². The molecule has 27 heavy (non-hydrogen) atoms. The lowest BCUT2D eigenvalue weighted by Crippen LogP contribution is -2.34. The van der Waals surface area contributed by atoms with Crippen molar-refractivity contribution in [1.82, 2.24) is 5.32 Å². The average molecular weight is 457 g/mol. The summed E-state index contributed by atoms with van der Waals surface area (Å²) in [4.78, 5) is 34.3. The van der Waals surface area contributed by atoms with Crippen molar-refractivity contribution in [3.63, 3.8) is 0 Å². The highest BCUT2D eigenvalue weighted by molar-refractivity contribution is 9.10. The van der Waals surface area contributed by atoms with E-state index in [2.05, 4.69) is 26.6 Å². The summed E-state index contributed by atoms with van der Waals surface area (Å²) in [6.07, 6.45) is 0. The molecule has 0 saturated heterocycles. The predicted molar refractivity (Wildman–Crippen MR) is 105 cm³/mol. The number of hydrogen-bond acceptors (Lipinski definition) is 5. The Morgan fingerprint density at radius 3 is 2.33 bits per heavy atom. The first-order chi connectivity index (χ1) is 12.7. The van der Waals surface area contributed by atoms with Crippen LogP contribution in [0.3, 0.4) is 0 Å². The van der Waals surface area contributed by atoms with Crippen LogP contribution in [-0.2, 0) is 4.79 Å². The molecule has 0 aliphatic heterocycles. The maximum atomic E-state index is 11.7. The van der Waals surface area contributed by atoms with Crippen LogP contribution in [0.2, 0.25) is 0 Å². The lowest BCUT2D eigenvalue weighted by molar-refractivity contribution is -0.139. The number of aliphatic carboxylic acids is 1. The number of urea groups is 1. The van der Waals surface area contributed by atoms with Gasteiger partial charge in [-0.1, -0.05) is 12.1 Å². The minimum Gasteiger partial charge on any atom is -0.479 e. The van der Waals surface area contributed by atoms with Gasteiger partial charge in [-0.05, 0) is 47.5 Å². The van der Waals surface area contributed by atoms with Gasteiger partial charge < -0.3 is 25.6 Å². The molecular weight excluding hydrogens is 440 g/mol. The fraction of sp³-hybridized carbons (Fsp3) is 0.235. The molecule has 4 N–H and O–H groups in total. The van der Waals surface area contributed by atoms with E-state index in [0.29, 0.717) is 20.6 Å². The molecule has 0 saturated carbocycles. The predicted octanol–water partition coefficient (Wildman–Crippen LogP) is 3.87. The molecule has 0 aliphatic rings. The van der Waals surface area contributed by atoms with E-state index in [0.717, 1.165) is 11.3 Å². The van der Waals surface area contributed by atoms with Crippen LogP contribution >= 0.6 is 27.3 Å². The van der Waals surface area contributed by atoms with Gasteiger partial charge in [-0.25, -0.2) is 14.4 Å². The Balaban J connectivity index is 2.27. The first-order valence-corrected chi connectivity index (χ1v) is 9.38. The first kappa shape index (κ1) is 20.7. The van der Waals surface area contributed by atoms with Crippen molar-refractivity contribution in [3.8, 4) is 16.2 Å². The number of ether oxygens (including phenoxy) is 1. The van der Waals surface area contributed by atoms with Gasteiger partial charge in [0.1, 0.15) is 0 Å². The van der Waals surface area contributed by atoms with Crippen LogP contribution in [-0.4, -0.2) is 40.8 Å². The Kier molecular flexibility index (Phi) is 6.81. The molecule has 2 amide bonds. The summed E-state index contributed by atoms with van der Waals surface area (Å²) in [5, 5.41) is 23.5. The molecule has 0 aliphatic carbocycles. The summed E-state index contributed by atoms with van der Waals surface area (Å²) in [6, 6.07) is 6.47. The van der Waals surface area contributed by atoms with Gasteiger partial charge in [-0.15, -0.1) is 11.3 Å². The number of carbonyl (C=O) groups excluding carboxylic acids is 1. The van der Waals surface area contributed by atoms with Crippen LogP contribution < -0.4 is 15.4 Å². The fourth-order valence-corrected chi connectivity index (χ4v) is 4.02. The Morgan fingerprint density at radius 2 is 1.81 bits per heavy atom. The molecule has 0 spiro atoms. The van der Waals surface area contributed by atoms with Gasteiger partial charge in [0, 0.05) is 11.7 Å². The van der Waals surface area contributed by atoms with Crippen molar-refractivity contribution in [1.29, 1.82) is 0 Å². The Hall–Kier alpha value is -2.59. The first-order valence-electron chi connectivity index (χ1n) is 7.77. The highest BCUT2D eigenvalue weighted by Crippen LogP contribution is 2.45. The molecule has 1 aromatic carbocycles. The van der Waals surface area contributed by atoms with Crippen LogP contribution in [0, 0.1) is 0 Å². The zero-order chi connectivity index (χ0) is 20.1. The monoisotopic (exact) mass is 456 g/mol. The van der Waals surface area contributed by atoms with Crippen LogP contribution in [0.4, 0.5) is 10.5 Å². The number of benzene rings is 1. The van der Waals surface area contributed by atoms with Crippen molar-refractivity contribution in [2.45, 2.75) is 19.9 Å². The van der Waals surface area contributed by atoms with E-state index in [1.807, 2.05) is 13.8 Å². The van der Waals surface area contributed by atoms with Gasteiger partial charge in [0.25, 0.3) is 0 Å². The summed E-state index contributed by atoms with van der Waals surface area (Å²) < 4.78 is 5.49. The minimum atomic E-state index is -1.21. The van der Waals surface area contributed by atoms with Crippen LogP contribution in [0.15, 0.2) is 28.7 Å². The van der Waals surface area contributed by atoms with E-state index in [9.17, 15) is 19.5 Å². The van der Waals surface area contributed by atoms with E-state index in [4.69, 9.17) is 9.84 Å². The third-order valence-electron chi connectivity index (χ3n) is 3.17.